The number of nitro groups is 1. The number of phenolic OH excluding ortho intramolecular Hbond substituents is 1. The Kier molecular flexibility index (Phi) is 6.33. The summed E-state index contributed by atoms with van der Waals surface area (Å²) in [6, 6.07) is 10.6. The van der Waals surface area contributed by atoms with E-state index in [0.717, 1.165) is 33.1 Å². The van der Waals surface area contributed by atoms with Crippen LogP contribution in [-0.4, -0.2) is 22.1 Å². The number of thiazole rings is 1. The third kappa shape index (κ3) is 5.10. The summed E-state index contributed by atoms with van der Waals surface area (Å²) in [7, 11) is 1.94. The highest BCUT2D eigenvalue weighted by atomic mass is 32.1. The Bertz CT molecular complexity index is 1090. The van der Waals surface area contributed by atoms with Crippen LogP contribution in [0.2, 0.25) is 0 Å². The van der Waals surface area contributed by atoms with E-state index < -0.39 is 4.92 Å². The average Bonchev–Trinajstić information content (AvgIpc) is 3.14. The Morgan fingerprint density at radius 2 is 1.56 bits per heavy atom. The summed E-state index contributed by atoms with van der Waals surface area (Å²) < 4.78 is 0. The van der Waals surface area contributed by atoms with Gasteiger partial charge in [-0.05, 0) is 35.1 Å². The molecule has 1 N–H and O–H groups in total. The molecular formula is C25H31N3O3S. The number of rotatable bonds is 5. The molecule has 0 amide bonds. The number of nitro benzene ring substituents is 1. The first-order valence-electron chi connectivity index (χ1n) is 10.6. The highest BCUT2D eigenvalue weighted by Gasteiger charge is 2.27. The van der Waals surface area contributed by atoms with Gasteiger partial charge in [0.05, 0.1) is 17.2 Å². The van der Waals surface area contributed by atoms with Gasteiger partial charge in [-0.3, -0.25) is 10.1 Å². The van der Waals surface area contributed by atoms with Crippen molar-refractivity contribution in [2.24, 2.45) is 0 Å². The van der Waals surface area contributed by atoms with Gasteiger partial charge >= 0.3 is 0 Å². The molecule has 0 saturated heterocycles. The Hall–Kier alpha value is -2.93. The summed E-state index contributed by atoms with van der Waals surface area (Å²) in [5.74, 6) is 0.363. The van der Waals surface area contributed by atoms with E-state index in [0.29, 0.717) is 12.3 Å². The zero-order chi connectivity index (χ0) is 23.8. The zero-order valence-corrected chi connectivity index (χ0v) is 20.6. The predicted molar refractivity (Wildman–Crippen MR) is 132 cm³/mol. The topological polar surface area (TPSA) is 79.5 Å². The number of hydrogen-bond acceptors (Lipinski definition) is 6. The normalized spacial score (nSPS) is 12.1. The molecule has 1 aromatic heterocycles. The molecular weight excluding hydrogens is 422 g/mol. The van der Waals surface area contributed by atoms with Crippen molar-refractivity contribution >= 4 is 22.7 Å². The van der Waals surface area contributed by atoms with E-state index >= 15 is 0 Å². The highest BCUT2D eigenvalue weighted by molar-refractivity contribution is 7.10. The van der Waals surface area contributed by atoms with Crippen LogP contribution in [-0.2, 0) is 17.4 Å². The molecule has 0 aliphatic carbocycles. The van der Waals surface area contributed by atoms with E-state index in [4.69, 9.17) is 4.98 Å². The molecule has 6 nitrogen and oxygen atoms in total. The smallest absolute Gasteiger partial charge is 0.269 e. The van der Waals surface area contributed by atoms with Crippen LogP contribution in [0.3, 0.4) is 0 Å². The number of anilines is 1. The van der Waals surface area contributed by atoms with Crippen LogP contribution in [0.4, 0.5) is 11.4 Å². The largest absolute Gasteiger partial charge is 0.507 e. The van der Waals surface area contributed by atoms with Crippen molar-refractivity contribution in [1.82, 2.24) is 4.98 Å². The van der Waals surface area contributed by atoms with Crippen LogP contribution >= 0.6 is 11.3 Å². The average molecular weight is 454 g/mol. The Morgan fingerprint density at radius 3 is 2.03 bits per heavy atom. The van der Waals surface area contributed by atoms with Gasteiger partial charge in [-0.15, -0.1) is 11.3 Å². The van der Waals surface area contributed by atoms with Crippen LogP contribution in [0.25, 0.3) is 11.3 Å². The van der Waals surface area contributed by atoms with Crippen molar-refractivity contribution in [3.63, 3.8) is 0 Å². The first kappa shape index (κ1) is 23.7. The van der Waals surface area contributed by atoms with Crippen LogP contribution in [0.5, 0.6) is 5.75 Å². The molecule has 0 spiro atoms. The number of benzene rings is 2. The fraction of sp³-hybridized carbons (Fsp3) is 0.400. The maximum atomic E-state index is 11.0. The Balaban J connectivity index is 1.91. The fourth-order valence-corrected chi connectivity index (χ4v) is 4.42. The first-order chi connectivity index (χ1) is 14.8. The Labute approximate surface area is 193 Å². The third-order valence-electron chi connectivity index (χ3n) is 5.45. The molecule has 170 valence electrons. The maximum Gasteiger partial charge on any atom is 0.269 e. The monoisotopic (exact) mass is 453 g/mol. The second-order valence-corrected chi connectivity index (χ2v) is 11.1. The van der Waals surface area contributed by atoms with Gasteiger partial charge in [-0.25, -0.2) is 4.98 Å². The van der Waals surface area contributed by atoms with Crippen LogP contribution in [0.15, 0.2) is 41.8 Å². The summed E-state index contributed by atoms with van der Waals surface area (Å²) in [4.78, 5) is 17.3. The van der Waals surface area contributed by atoms with Crippen molar-refractivity contribution in [2.75, 3.05) is 11.9 Å². The van der Waals surface area contributed by atoms with Crippen molar-refractivity contribution < 1.29 is 10.0 Å². The zero-order valence-electron chi connectivity index (χ0n) is 19.8. The van der Waals surface area contributed by atoms with Crippen LogP contribution in [0, 0.1) is 10.1 Å². The summed E-state index contributed by atoms with van der Waals surface area (Å²) >= 11 is 1.58. The lowest BCUT2D eigenvalue weighted by atomic mass is 9.78. The van der Waals surface area contributed by atoms with Gasteiger partial charge in [-0.1, -0.05) is 41.5 Å². The molecule has 1 heterocycles. The fourth-order valence-electron chi connectivity index (χ4n) is 3.56. The molecule has 0 aliphatic heterocycles. The molecule has 0 fully saturated rings. The Morgan fingerprint density at radius 1 is 1.03 bits per heavy atom. The maximum absolute atomic E-state index is 11.0. The molecule has 0 atom stereocenters. The predicted octanol–water partition coefficient (Wildman–Crippen LogP) is 6.66. The van der Waals surface area contributed by atoms with Crippen molar-refractivity contribution in [3.05, 3.63) is 68.0 Å². The van der Waals surface area contributed by atoms with Gasteiger partial charge in [0.1, 0.15) is 10.8 Å². The molecule has 3 aromatic rings. The van der Waals surface area contributed by atoms with E-state index in [1.54, 1.807) is 23.5 Å². The van der Waals surface area contributed by atoms with Gasteiger partial charge in [0.2, 0.25) is 0 Å². The minimum atomic E-state index is -0.397. The van der Waals surface area contributed by atoms with E-state index in [1.807, 2.05) is 29.5 Å². The number of non-ortho nitro benzene ring substituents is 1. The van der Waals surface area contributed by atoms with Gasteiger partial charge in [0.15, 0.2) is 0 Å². The minimum Gasteiger partial charge on any atom is -0.507 e. The summed E-state index contributed by atoms with van der Waals surface area (Å²) in [5, 5.41) is 24.8. The molecule has 32 heavy (non-hydrogen) atoms. The lowest BCUT2D eigenvalue weighted by Crippen LogP contribution is -2.17. The number of hydrogen-bond donors (Lipinski definition) is 1. The number of aromatic nitrogens is 1. The van der Waals surface area contributed by atoms with Crippen LogP contribution in [0.1, 0.15) is 57.7 Å². The number of nitrogens with zero attached hydrogens (tertiary/aromatic N) is 3. The molecule has 2 aromatic carbocycles. The SMILES string of the molecule is CN(Cc1nc(-c2cc(C(C)(C)C)c(O)c(C(C)(C)C)c2)cs1)c1ccc([N+](=O)[O-])cc1. The summed E-state index contributed by atoms with van der Waals surface area (Å²) in [6.45, 7) is 13.2. The van der Waals surface area contributed by atoms with E-state index in [9.17, 15) is 15.2 Å². The highest BCUT2D eigenvalue weighted by Crippen LogP contribution is 2.42. The lowest BCUT2D eigenvalue weighted by molar-refractivity contribution is -0.384. The molecule has 3 rings (SSSR count). The van der Waals surface area contributed by atoms with Crippen LogP contribution < -0.4 is 4.90 Å². The molecule has 7 heteroatoms. The second kappa shape index (κ2) is 8.54. The lowest BCUT2D eigenvalue weighted by Gasteiger charge is -2.28. The van der Waals surface area contributed by atoms with Gasteiger partial charge in [-0.2, -0.15) is 0 Å². The van der Waals surface area contributed by atoms with E-state index in [-0.39, 0.29) is 16.5 Å². The molecule has 0 bridgehead atoms. The van der Waals surface area contributed by atoms with Crippen molar-refractivity contribution in [1.29, 1.82) is 0 Å². The minimum absolute atomic E-state index is 0.0790. The van der Waals surface area contributed by atoms with Gasteiger partial charge in [0.25, 0.3) is 5.69 Å². The summed E-state index contributed by atoms with van der Waals surface area (Å²) in [5.41, 5.74) is 4.29. The van der Waals surface area contributed by atoms with E-state index in [2.05, 4.69) is 41.5 Å². The third-order valence-corrected chi connectivity index (χ3v) is 6.28. The molecule has 0 radical (unpaired) electrons. The molecule has 0 aliphatic rings. The number of aromatic hydroxyl groups is 1. The number of phenols is 1. The van der Waals surface area contributed by atoms with Crippen molar-refractivity contribution in [2.45, 2.75) is 58.9 Å². The standard InChI is InChI=1S/C25H31N3O3S/c1-24(2,3)19-12-16(13-20(23(19)29)25(4,5)6)21-15-32-22(26-21)14-27(7)17-8-10-18(11-9-17)28(30)31/h8-13,15,29H,14H2,1-7H3. The van der Waals surface area contributed by atoms with E-state index in [1.165, 1.54) is 12.1 Å². The molecule has 0 unspecified atom stereocenters. The van der Waals surface area contributed by atoms with Gasteiger partial charge < -0.3 is 10.0 Å². The first-order valence-corrected chi connectivity index (χ1v) is 11.4. The molecule has 0 saturated carbocycles. The quantitative estimate of drug-likeness (QED) is 0.345. The second-order valence-electron chi connectivity index (χ2n) is 10.2. The van der Waals surface area contributed by atoms with Gasteiger partial charge in [0, 0.05) is 46.9 Å². The summed E-state index contributed by atoms with van der Waals surface area (Å²) in [6.07, 6.45) is 0. The van der Waals surface area contributed by atoms with Crippen molar-refractivity contribution in [3.8, 4) is 17.0 Å².